The fourth-order valence-electron chi connectivity index (χ4n) is 4.27. The minimum Gasteiger partial charge on any atom is -0.493 e. The Kier molecular flexibility index (Phi) is 7.73. The molecular formula is C27H30N2O5S. The number of rotatable bonds is 9. The standard InChI is InChI=1S/C27H30N2O5S/c1-28(27(30)24-14-9-17-29(24)35(31,32)23-12-7-4-8-13-23)19-22-15-16-25(26(18-22)33-2)34-20-21-10-5-3-6-11-21/h3-8,10-13,15-16,18,24H,9,14,17,19-20H2,1-2H3/t24-/m1/s1. The van der Waals surface area contributed by atoms with Crippen LogP contribution in [0.4, 0.5) is 0 Å². The molecule has 0 aliphatic carbocycles. The summed E-state index contributed by atoms with van der Waals surface area (Å²) in [4.78, 5) is 15.1. The quantitative estimate of drug-likeness (QED) is 0.448. The first-order valence-electron chi connectivity index (χ1n) is 11.6. The second-order valence-corrected chi connectivity index (χ2v) is 10.4. The van der Waals surface area contributed by atoms with Crippen LogP contribution in [0.2, 0.25) is 0 Å². The van der Waals surface area contributed by atoms with Crippen LogP contribution < -0.4 is 9.47 Å². The molecule has 0 spiro atoms. The predicted molar refractivity (Wildman–Crippen MR) is 134 cm³/mol. The van der Waals surface area contributed by atoms with E-state index in [4.69, 9.17) is 9.47 Å². The molecule has 3 aromatic carbocycles. The second-order valence-electron chi connectivity index (χ2n) is 8.54. The molecule has 0 aromatic heterocycles. The number of sulfonamides is 1. The van der Waals surface area contributed by atoms with Crippen molar-refractivity contribution in [3.63, 3.8) is 0 Å². The molecule has 0 unspecified atom stereocenters. The van der Waals surface area contributed by atoms with Crippen molar-refractivity contribution in [2.45, 2.75) is 36.9 Å². The van der Waals surface area contributed by atoms with Crippen LogP contribution >= 0.6 is 0 Å². The molecule has 0 N–H and O–H groups in total. The molecular weight excluding hydrogens is 464 g/mol. The van der Waals surface area contributed by atoms with Gasteiger partial charge in [0.15, 0.2) is 11.5 Å². The number of benzene rings is 3. The van der Waals surface area contributed by atoms with Gasteiger partial charge in [-0.05, 0) is 48.2 Å². The van der Waals surface area contributed by atoms with E-state index in [0.717, 1.165) is 11.1 Å². The highest BCUT2D eigenvalue weighted by molar-refractivity contribution is 7.89. The summed E-state index contributed by atoms with van der Waals surface area (Å²) < 4.78 is 39.0. The van der Waals surface area contributed by atoms with Crippen LogP contribution in [-0.4, -0.2) is 50.3 Å². The smallest absolute Gasteiger partial charge is 0.243 e. The lowest BCUT2D eigenvalue weighted by Gasteiger charge is -2.27. The lowest BCUT2D eigenvalue weighted by atomic mass is 10.1. The molecule has 4 rings (SSSR count). The van der Waals surface area contributed by atoms with Gasteiger partial charge < -0.3 is 14.4 Å². The minimum atomic E-state index is -3.74. The summed E-state index contributed by atoms with van der Waals surface area (Å²) in [5.74, 6) is 0.976. The zero-order chi connectivity index (χ0) is 24.8. The van der Waals surface area contributed by atoms with E-state index < -0.39 is 16.1 Å². The zero-order valence-corrected chi connectivity index (χ0v) is 20.8. The van der Waals surface area contributed by atoms with Crippen molar-refractivity contribution in [3.8, 4) is 11.5 Å². The lowest BCUT2D eigenvalue weighted by Crippen LogP contribution is -2.46. The number of ether oxygens (including phenoxy) is 2. The van der Waals surface area contributed by atoms with Crippen LogP contribution in [-0.2, 0) is 28.0 Å². The summed E-state index contributed by atoms with van der Waals surface area (Å²) in [7, 11) is -0.463. The molecule has 1 saturated heterocycles. The first-order valence-corrected chi connectivity index (χ1v) is 13.0. The summed E-state index contributed by atoms with van der Waals surface area (Å²) in [5.41, 5.74) is 1.91. The summed E-state index contributed by atoms with van der Waals surface area (Å²) >= 11 is 0. The Labute approximate surface area is 206 Å². The number of hydrogen-bond donors (Lipinski definition) is 0. The van der Waals surface area contributed by atoms with Gasteiger partial charge in [0.2, 0.25) is 15.9 Å². The third kappa shape index (κ3) is 5.66. The molecule has 3 aromatic rings. The predicted octanol–water partition coefficient (Wildman–Crippen LogP) is 4.09. The van der Waals surface area contributed by atoms with Gasteiger partial charge in [-0.25, -0.2) is 8.42 Å². The normalized spacial score (nSPS) is 16.1. The van der Waals surface area contributed by atoms with Crippen molar-refractivity contribution < 1.29 is 22.7 Å². The van der Waals surface area contributed by atoms with E-state index in [2.05, 4.69) is 0 Å². The summed E-state index contributed by atoms with van der Waals surface area (Å²) in [6.07, 6.45) is 1.16. The Balaban J connectivity index is 1.44. The van der Waals surface area contributed by atoms with Gasteiger partial charge >= 0.3 is 0 Å². The number of amides is 1. The molecule has 1 aliphatic heterocycles. The highest BCUT2D eigenvalue weighted by Gasteiger charge is 2.40. The molecule has 0 bridgehead atoms. The van der Waals surface area contributed by atoms with Crippen molar-refractivity contribution in [2.75, 3.05) is 20.7 Å². The van der Waals surface area contributed by atoms with E-state index in [-0.39, 0.29) is 10.8 Å². The molecule has 7 nitrogen and oxygen atoms in total. The molecule has 1 atom stereocenters. The van der Waals surface area contributed by atoms with Gasteiger partial charge in [0.05, 0.1) is 12.0 Å². The van der Waals surface area contributed by atoms with Crippen molar-refractivity contribution in [1.82, 2.24) is 9.21 Å². The number of likely N-dealkylation sites (N-methyl/N-ethyl adjacent to an activating group) is 1. The van der Waals surface area contributed by atoms with E-state index in [0.29, 0.717) is 44.0 Å². The van der Waals surface area contributed by atoms with Gasteiger partial charge in [-0.15, -0.1) is 0 Å². The van der Waals surface area contributed by atoms with Crippen LogP contribution in [0.1, 0.15) is 24.0 Å². The average Bonchev–Trinajstić information content (AvgIpc) is 3.39. The molecule has 35 heavy (non-hydrogen) atoms. The number of carbonyl (C=O) groups is 1. The molecule has 1 amide bonds. The summed E-state index contributed by atoms with van der Waals surface area (Å²) in [6.45, 7) is 1.08. The monoisotopic (exact) mass is 494 g/mol. The number of methoxy groups -OCH3 is 1. The van der Waals surface area contributed by atoms with Crippen molar-refractivity contribution >= 4 is 15.9 Å². The Bertz CT molecular complexity index is 1250. The molecule has 1 aliphatic rings. The van der Waals surface area contributed by atoms with E-state index in [9.17, 15) is 13.2 Å². The third-order valence-corrected chi connectivity index (χ3v) is 8.02. The highest BCUT2D eigenvalue weighted by atomic mass is 32.2. The van der Waals surface area contributed by atoms with E-state index >= 15 is 0 Å². The first-order chi connectivity index (χ1) is 16.9. The van der Waals surface area contributed by atoms with E-state index in [1.54, 1.807) is 49.4 Å². The maximum Gasteiger partial charge on any atom is 0.243 e. The maximum absolute atomic E-state index is 13.3. The van der Waals surface area contributed by atoms with Gasteiger partial charge in [0, 0.05) is 20.1 Å². The fourth-order valence-corrected chi connectivity index (χ4v) is 5.95. The topological polar surface area (TPSA) is 76.2 Å². The maximum atomic E-state index is 13.3. The van der Waals surface area contributed by atoms with Gasteiger partial charge in [-0.3, -0.25) is 4.79 Å². The van der Waals surface area contributed by atoms with Crippen molar-refractivity contribution in [2.24, 2.45) is 0 Å². The van der Waals surface area contributed by atoms with E-state index in [1.807, 2.05) is 48.5 Å². The summed E-state index contributed by atoms with van der Waals surface area (Å²) in [5, 5.41) is 0. The molecule has 184 valence electrons. The minimum absolute atomic E-state index is 0.207. The molecule has 0 saturated carbocycles. The molecule has 1 fully saturated rings. The first kappa shape index (κ1) is 24.8. The van der Waals surface area contributed by atoms with Gasteiger partial charge in [0.1, 0.15) is 12.6 Å². The summed E-state index contributed by atoms with van der Waals surface area (Å²) in [6, 6.07) is 23.0. The molecule has 0 radical (unpaired) electrons. The average molecular weight is 495 g/mol. The number of nitrogens with zero attached hydrogens (tertiary/aromatic N) is 2. The number of carbonyl (C=O) groups excluding carboxylic acids is 1. The van der Waals surface area contributed by atoms with Crippen molar-refractivity contribution in [3.05, 3.63) is 90.0 Å². The Morgan fingerprint density at radius 2 is 1.66 bits per heavy atom. The Morgan fingerprint density at radius 3 is 2.34 bits per heavy atom. The SMILES string of the molecule is COc1cc(CN(C)C(=O)[C@H]2CCCN2S(=O)(=O)c2ccccc2)ccc1OCc1ccccc1. The van der Waals surface area contributed by atoms with Gasteiger partial charge in [0.25, 0.3) is 0 Å². The van der Waals surface area contributed by atoms with Gasteiger partial charge in [-0.2, -0.15) is 4.31 Å². The van der Waals surface area contributed by atoms with E-state index in [1.165, 1.54) is 4.31 Å². The van der Waals surface area contributed by atoms with Crippen LogP contribution in [0, 0.1) is 0 Å². The zero-order valence-electron chi connectivity index (χ0n) is 20.0. The van der Waals surface area contributed by atoms with Crippen LogP contribution in [0.3, 0.4) is 0 Å². The third-order valence-electron chi connectivity index (χ3n) is 6.10. The van der Waals surface area contributed by atoms with Crippen LogP contribution in [0.15, 0.2) is 83.8 Å². The van der Waals surface area contributed by atoms with Gasteiger partial charge in [-0.1, -0.05) is 54.6 Å². The number of hydrogen-bond acceptors (Lipinski definition) is 5. The van der Waals surface area contributed by atoms with Crippen molar-refractivity contribution in [1.29, 1.82) is 0 Å². The molecule has 8 heteroatoms. The highest BCUT2D eigenvalue weighted by Crippen LogP contribution is 2.30. The van der Waals surface area contributed by atoms with Crippen LogP contribution in [0.25, 0.3) is 0 Å². The second kappa shape index (κ2) is 10.9. The Morgan fingerprint density at radius 1 is 0.971 bits per heavy atom. The lowest BCUT2D eigenvalue weighted by molar-refractivity contribution is -0.133. The Hall–Kier alpha value is -3.36. The molecule has 1 heterocycles. The van der Waals surface area contributed by atoms with Crippen LogP contribution in [0.5, 0.6) is 11.5 Å². The largest absolute Gasteiger partial charge is 0.493 e. The fraction of sp³-hybridized carbons (Fsp3) is 0.296.